The van der Waals surface area contributed by atoms with Gasteiger partial charge in [-0.1, -0.05) is 23.8 Å². The predicted molar refractivity (Wildman–Crippen MR) is 120 cm³/mol. The van der Waals surface area contributed by atoms with Gasteiger partial charge in [0.1, 0.15) is 0 Å². The van der Waals surface area contributed by atoms with Crippen molar-refractivity contribution in [2.24, 2.45) is 0 Å². The molecule has 2 aliphatic rings. The van der Waals surface area contributed by atoms with Crippen LogP contribution in [-0.4, -0.2) is 46.8 Å². The summed E-state index contributed by atoms with van der Waals surface area (Å²) >= 11 is 0. The predicted octanol–water partition coefficient (Wildman–Crippen LogP) is 4.65. The highest BCUT2D eigenvalue weighted by atomic mass is 19.4. The molecule has 0 spiro atoms. The standard InChI is InChI=1S/C25H25F3N4O/c1-17-8-10-19(11-9-17)32-22-7-3-6-21(22)23(29-32)24(33)31-14-12-30(13-15-31)20-5-2-4-18(16-20)25(26,27)28/h2,4-5,8-11,16H,3,6-7,12-15H2,1H3. The first kappa shape index (κ1) is 21.6. The van der Waals surface area contributed by atoms with E-state index in [0.717, 1.165) is 47.8 Å². The van der Waals surface area contributed by atoms with E-state index in [4.69, 9.17) is 5.10 Å². The summed E-state index contributed by atoms with van der Waals surface area (Å²) in [4.78, 5) is 17.0. The monoisotopic (exact) mass is 454 g/mol. The van der Waals surface area contributed by atoms with Crippen LogP contribution in [0.15, 0.2) is 48.5 Å². The normalized spacial score (nSPS) is 16.2. The maximum atomic E-state index is 13.4. The number of alkyl halides is 3. The van der Waals surface area contributed by atoms with E-state index in [1.54, 1.807) is 11.0 Å². The van der Waals surface area contributed by atoms with E-state index in [0.29, 0.717) is 37.6 Å². The lowest BCUT2D eigenvalue weighted by molar-refractivity contribution is -0.137. The maximum Gasteiger partial charge on any atom is 0.416 e. The molecule has 2 heterocycles. The van der Waals surface area contributed by atoms with Crippen LogP contribution in [0, 0.1) is 6.92 Å². The number of carbonyl (C=O) groups excluding carboxylic acids is 1. The number of benzene rings is 2. The Morgan fingerprint density at radius 2 is 1.67 bits per heavy atom. The zero-order chi connectivity index (χ0) is 23.2. The molecular weight excluding hydrogens is 429 g/mol. The second-order valence-electron chi connectivity index (χ2n) is 8.70. The van der Waals surface area contributed by atoms with Crippen molar-refractivity contribution < 1.29 is 18.0 Å². The first-order valence-corrected chi connectivity index (χ1v) is 11.2. The summed E-state index contributed by atoms with van der Waals surface area (Å²) in [6.45, 7) is 3.88. The summed E-state index contributed by atoms with van der Waals surface area (Å²) in [5, 5.41) is 4.71. The van der Waals surface area contributed by atoms with Crippen LogP contribution in [-0.2, 0) is 19.0 Å². The number of amides is 1. The lowest BCUT2D eigenvalue weighted by Gasteiger charge is -2.36. The summed E-state index contributed by atoms with van der Waals surface area (Å²) in [6.07, 6.45) is -1.63. The van der Waals surface area contributed by atoms with E-state index in [1.165, 1.54) is 12.1 Å². The average molecular weight is 454 g/mol. The second kappa shape index (κ2) is 8.24. The average Bonchev–Trinajstić information content (AvgIpc) is 3.42. The zero-order valence-corrected chi connectivity index (χ0v) is 18.4. The van der Waals surface area contributed by atoms with Crippen LogP contribution < -0.4 is 4.90 Å². The lowest BCUT2D eigenvalue weighted by atomic mass is 10.1. The molecule has 0 N–H and O–H groups in total. The number of halogens is 3. The molecule has 0 saturated carbocycles. The molecule has 0 unspecified atom stereocenters. The molecule has 0 atom stereocenters. The SMILES string of the molecule is Cc1ccc(-n2nc(C(=O)N3CCN(c4cccc(C(F)(F)F)c4)CC3)c3c2CCC3)cc1. The maximum absolute atomic E-state index is 13.4. The van der Waals surface area contributed by atoms with Crippen molar-refractivity contribution in [3.8, 4) is 5.69 Å². The van der Waals surface area contributed by atoms with Crippen molar-refractivity contribution in [2.45, 2.75) is 32.4 Å². The molecule has 0 radical (unpaired) electrons. The molecule has 5 nitrogen and oxygen atoms in total. The molecular formula is C25H25F3N4O. The number of hydrogen-bond donors (Lipinski definition) is 0. The first-order chi connectivity index (χ1) is 15.8. The molecule has 1 aliphatic heterocycles. The smallest absolute Gasteiger partial charge is 0.368 e. The number of rotatable bonds is 3. The minimum Gasteiger partial charge on any atom is -0.368 e. The minimum absolute atomic E-state index is 0.0947. The molecule has 1 aliphatic carbocycles. The zero-order valence-electron chi connectivity index (χ0n) is 18.4. The van der Waals surface area contributed by atoms with Gasteiger partial charge >= 0.3 is 6.18 Å². The largest absolute Gasteiger partial charge is 0.416 e. The van der Waals surface area contributed by atoms with E-state index in [9.17, 15) is 18.0 Å². The van der Waals surface area contributed by atoms with Crippen molar-refractivity contribution >= 4 is 11.6 Å². The molecule has 5 rings (SSSR count). The van der Waals surface area contributed by atoms with Crippen molar-refractivity contribution in [2.75, 3.05) is 31.1 Å². The van der Waals surface area contributed by atoms with Crippen LogP contribution >= 0.6 is 0 Å². The minimum atomic E-state index is -4.37. The third-order valence-electron chi connectivity index (χ3n) is 6.52. The fourth-order valence-corrected chi connectivity index (χ4v) is 4.71. The van der Waals surface area contributed by atoms with Crippen molar-refractivity contribution in [1.82, 2.24) is 14.7 Å². The van der Waals surface area contributed by atoms with Crippen LogP contribution in [0.2, 0.25) is 0 Å². The van der Waals surface area contributed by atoms with Gasteiger partial charge in [-0.2, -0.15) is 18.3 Å². The van der Waals surface area contributed by atoms with Gasteiger partial charge in [0, 0.05) is 43.1 Å². The van der Waals surface area contributed by atoms with Crippen LogP contribution in [0.25, 0.3) is 5.69 Å². The third kappa shape index (κ3) is 4.10. The number of carbonyl (C=O) groups is 1. The summed E-state index contributed by atoms with van der Waals surface area (Å²) < 4.78 is 41.1. The van der Waals surface area contributed by atoms with E-state index in [-0.39, 0.29) is 5.91 Å². The Bertz CT molecular complexity index is 1180. The van der Waals surface area contributed by atoms with Gasteiger partial charge < -0.3 is 9.80 Å². The van der Waals surface area contributed by atoms with Gasteiger partial charge in [0.2, 0.25) is 0 Å². The third-order valence-corrected chi connectivity index (χ3v) is 6.52. The van der Waals surface area contributed by atoms with Gasteiger partial charge in [0.25, 0.3) is 5.91 Å². The van der Waals surface area contributed by atoms with Gasteiger partial charge in [-0.05, 0) is 56.5 Å². The van der Waals surface area contributed by atoms with Crippen LogP contribution in [0.3, 0.4) is 0 Å². The highest BCUT2D eigenvalue weighted by molar-refractivity contribution is 5.94. The summed E-state index contributed by atoms with van der Waals surface area (Å²) in [6, 6.07) is 13.5. The number of anilines is 1. The van der Waals surface area contributed by atoms with Crippen LogP contribution in [0.4, 0.5) is 18.9 Å². The highest BCUT2D eigenvalue weighted by Crippen LogP contribution is 2.32. The number of piperazine rings is 1. The molecule has 3 aromatic rings. The summed E-state index contributed by atoms with van der Waals surface area (Å²) in [5.41, 5.74) is 4.63. The first-order valence-electron chi connectivity index (χ1n) is 11.2. The molecule has 1 fully saturated rings. The van der Waals surface area contributed by atoms with E-state index in [1.807, 2.05) is 40.8 Å². The number of aryl methyl sites for hydroxylation is 1. The van der Waals surface area contributed by atoms with Gasteiger partial charge in [-0.25, -0.2) is 4.68 Å². The number of hydrogen-bond acceptors (Lipinski definition) is 3. The van der Waals surface area contributed by atoms with Gasteiger partial charge in [0.15, 0.2) is 5.69 Å². The Morgan fingerprint density at radius 1 is 0.939 bits per heavy atom. The van der Waals surface area contributed by atoms with Crippen LogP contribution in [0.5, 0.6) is 0 Å². The Morgan fingerprint density at radius 3 is 2.36 bits per heavy atom. The fourth-order valence-electron chi connectivity index (χ4n) is 4.71. The van der Waals surface area contributed by atoms with E-state index >= 15 is 0 Å². The lowest BCUT2D eigenvalue weighted by Crippen LogP contribution is -2.49. The quantitative estimate of drug-likeness (QED) is 0.579. The number of fused-ring (bicyclic) bond motifs is 1. The molecule has 8 heteroatoms. The van der Waals surface area contributed by atoms with Crippen molar-refractivity contribution in [3.05, 3.63) is 76.6 Å². The van der Waals surface area contributed by atoms with Crippen molar-refractivity contribution in [1.29, 1.82) is 0 Å². The molecule has 2 aromatic carbocycles. The summed E-state index contributed by atoms with van der Waals surface area (Å²) in [7, 11) is 0. The molecule has 1 amide bonds. The number of nitrogens with zero attached hydrogens (tertiary/aromatic N) is 4. The van der Waals surface area contributed by atoms with Crippen LogP contribution in [0.1, 0.15) is 39.3 Å². The number of aromatic nitrogens is 2. The Kier molecular flexibility index (Phi) is 5.38. The summed E-state index contributed by atoms with van der Waals surface area (Å²) in [5.74, 6) is -0.0947. The van der Waals surface area contributed by atoms with Gasteiger partial charge in [0.05, 0.1) is 11.3 Å². The fraction of sp³-hybridized carbons (Fsp3) is 0.360. The highest BCUT2D eigenvalue weighted by Gasteiger charge is 2.33. The van der Waals surface area contributed by atoms with E-state index < -0.39 is 11.7 Å². The van der Waals surface area contributed by atoms with Gasteiger partial charge in [-0.15, -0.1) is 0 Å². The second-order valence-corrected chi connectivity index (χ2v) is 8.70. The van der Waals surface area contributed by atoms with Crippen molar-refractivity contribution in [3.63, 3.8) is 0 Å². The molecule has 33 heavy (non-hydrogen) atoms. The Labute approximate surface area is 190 Å². The molecule has 1 aromatic heterocycles. The Hall–Kier alpha value is -3.29. The molecule has 172 valence electrons. The molecule has 0 bridgehead atoms. The van der Waals surface area contributed by atoms with E-state index in [2.05, 4.69) is 0 Å². The topological polar surface area (TPSA) is 41.4 Å². The molecule has 1 saturated heterocycles. The Balaban J connectivity index is 1.33. The van der Waals surface area contributed by atoms with Gasteiger partial charge in [-0.3, -0.25) is 4.79 Å².